The molecule has 3 rings (SSSR count). The Kier molecular flexibility index (Phi) is 2.79. The van der Waals surface area contributed by atoms with Gasteiger partial charge in [0, 0.05) is 35.8 Å². The molecule has 0 saturated heterocycles. The second kappa shape index (κ2) is 4.61. The summed E-state index contributed by atoms with van der Waals surface area (Å²) < 4.78 is 1.40. The summed E-state index contributed by atoms with van der Waals surface area (Å²) in [4.78, 5) is 22.4. The van der Waals surface area contributed by atoms with Crippen molar-refractivity contribution >= 4 is 5.82 Å². The molecule has 0 fully saturated rings. The van der Waals surface area contributed by atoms with E-state index in [1.807, 2.05) is 12.1 Å². The van der Waals surface area contributed by atoms with Gasteiger partial charge in [-0.25, -0.2) is 4.98 Å². The Morgan fingerprint density at radius 3 is 2.90 bits per heavy atom. The van der Waals surface area contributed by atoms with Crippen molar-refractivity contribution in [2.24, 2.45) is 0 Å². The van der Waals surface area contributed by atoms with E-state index in [0.29, 0.717) is 23.2 Å². The summed E-state index contributed by atoms with van der Waals surface area (Å²) in [6, 6.07) is 6.81. The van der Waals surface area contributed by atoms with Gasteiger partial charge in [-0.2, -0.15) is 9.78 Å². The fourth-order valence-corrected chi connectivity index (χ4v) is 1.88. The maximum Gasteiger partial charge on any atom is 0.252 e. The Hall–Kier alpha value is -2.96. The van der Waals surface area contributed by atoms with Gasteiger partial charge in [-0.05, 0) is 19.1 Å². The van der Waals surface area contributed by atoms with Crippen LogP contribution in [0.15, 0.2) is 41.5 Å². The van der Waals surface area contributed by atoms with Crippen molar-refractivity contribution in [2.75, 3.05) is 5.73 Å². The number of nitrogens with zero attached hydrogens (tertiary/aromatic N) is 4. The van der Waals surface area contributed by atoms with Crippen LogP contribution in [0.1, 0.15) is 5.69 Å². The number of nitrogens with one attached hydrogen (secondary N) is 1. The van der Waals surface area contributed by atoms with Gasteiger partial charge in [0.2, 0.25) is 5.95 Å². The number of hydrogen-bond acceptors (Lipinski definition) is 5. The number of H-pyrrole nitrogens is 1. The second-order valence-corrected chi connectivity index (χ2v) is 4.32. The molecule has 0 atom stereocenters. The van der Waals surface area contributed by atoms with E-state index in [1.165, 1.54) is 10.7 Å². The molecule has 3 N–H and O–H groups in total. The highest BCUT2D eigenvalue weighted by Gasteiger charge is 2.11. The highest BCUT2D eigenvalue weighted by molar-refractivity contribution is 5.61. The molecule has 0 saturated carbocycles. The number of anilines is 1. The lowest BCUT2D eigenvalue weighted by Crippen LogP contribution is -2.15. The Balaban J connectivity index is 2.12. The molecule has 7 heteroatoms. The van der Waals surface area contributed by atoms with Crippen molar-refractivity contribution in [3.63, 3.8) is 0 Å². The summed E-state index contributed by atoms with van der Waals surface area (Å²) in [5, 5.41) is 4.35. The molecule has 0 aliphatic heterocycles. The first-order valence-electron chi connectivity index (χ1n) is 5.98. The first-order chi connectivity index (χ1) is 9.63. The Morgan fingerprint density at radius 2 is 2.20 bits per heavy atom. The van der Waals surface area contributed by atoms with Gasteiger partial charge in [0.05, 0.1) is 5.69 Å². The van der Waals surface area contributed by atoms with Crippen molar-refractivity contribution in [3.05, 3.63) is 52.7 Å². The maximum atomic E-state index is 11.5. The predicted octanol–water partition coefficient (Wildman–Crippen LogP) is 0.908. The van der Waals surface area contributed by atoms with Crippen LogP contribution in [0.25, 0.3) is 17.2 Å². The average Bonchev–Trinajstić information content (AvgIpc) is 2.81. The molecular formula is C13H12N6O. The summed E-state index contributed by atoms with van der Waals surface area (Å²) in [7, 11) is 0. The monoisotopic (exact) mass is 268 g/mol. The molecular weight excluding hydrogens is 256 g/mol. The van der Waals surface area contributed by atoms with Gasteiger partial charge in [0.15, 0.2) is 0 Å². The van der Waals surface area contributed by atoms with E-state index in [4.69, 9.17) is 5.73 Å². The lowest BCUT2D eigenvalue weighted by molar-refractivity contribution is 0.805. The number of rotatable bonds is 2. The van der Waals surface area contributed by atoms with Crippen LogP contribution in [0.5, 0.6) is 0 Å². The third-order valence-corrected chi connectivity index (χ3v) is 2.75. The van der Waals surface area contributed by atoms with Gasteiger partial charge >= 0.3 is 0 Å². The molecule has 0 aromatic carbocycles. The molecule has 0 aliphatic carbocycles. The van der Waals surface area contributed by atoms with Crippen molar-refractivity contribution < 1.29 is 0 Å². The van der Waals surface area contributed by atoms with E-state index in [-0.39, 0.29) is 5.56 Å². The van der Waals surface area contributed by atoms with Crippen LogP contribution >= 0.6 is 0 Å². The van der Waals surface area contributed by atoms with E-state index in [0.717, 1.165) is 5.56 Å². The predicted molar refractivity (Wildman–Crippen MR) is 74.4 cm³/mol. The molecule has 0 amide bonds. The lowest BCUT2D eigenvalue weighted by atomic mass is 10.2. The SMILES string of the molecule is Cc1cc(=O)[nH]c(-n2nc(-c3cccnc3)cc2N)n1. The lowest BCUT2D eigenvalue weighted by Gasteiger charge is -2.02. The smallest absolute Gasteiger partial charge is 0.252 e. The van der Waals surface area contributed by atoms with E-state index in [2.05, 4.69) is 20.1 Å². The molecule has 0 unspecified atom stereocenters. The minimum absolute atomic E-state index is 0.245. The molecule has 3 aromatic heterocycles. The zero-order chi connectivity index (χ0) is 14.1. The summed E-state index contributed by atoms with van der Waals surface area (Å²) >= 11 is 0. The van der Waals surface area contributed by atoms with Crippen LogP contribution in [-0.2, 0) is 0 Å². The molecule has 0 spiro atoms. The number of hydrogen-bond donors (Lipinski definition) is 2. The number of pyridine rings is 1. The summed E-state index contributed by atoms with van der Waals surface area (Å²) in [5.74, 6) is 0.681. The van der Waals surface area contributed by atoms with Crippen LogP contribution in [0, 0.1) is 6.92 Å². The van der Waals surface area contributed by atoms with Crippen molar-refractivity contribution in [3.8, 4) is 17.2 Å². The van der Waals surface area contributed by atoms with E-state index in [1.54, 1.807) is 25.4 Å². The molecule has 3 heterocycles. The zero-order valence-electron chi connectivity index (χ0n) is 10.7. The maximum absolute atomic E-state index is 11.5. The molecule has 100 valence electrons. The van der Waals surface area contributed by atoms with Crippen molar-refractivity contribution in [2.45, 2.75) is 6.92 Å². The zero-order valence-corrected chi connectivity index (χ0v) is 10.7. The fourth-order valence-electron chi connectivity index (χ4n) is 1.88. The van der Waals surface area contributed by atoms with Crippen LogP contribution < -0.4 is 11.3 Å². The van der Waals surface area contributed by atoms with Crippen LogP contribution in [0.3, 0.4) is 0 Å². The largest absolute Gasteiger partial charge is 0.383 e. The molecule has 0 bridgehead atoms. The number of aromatic amines is 1. The van der Waals surface area contributed by atoms with Crippen LogP contribution in [0.4, 0.5) is 5.82 Å². The minimum Gasteiger partial charge on any atom is -0.383 e. The highest BCUT2D eigenvalue weighted by Crippen LogP contribution is 2.20. The van der Waals surface area contributed by atoms with Gasteiger partial charge in [0.1, 0.15) is 5.82 Å². The van der Waals surface area contributed by atoms with Gasteiger partial charge in [0.25, 0.3) is 5.56 Å². The standard InChI is InChI=1S/C13H12N6O/c1-8-5-12(20)17-13(16-8)19-11(14)6-10(18-19)9-3-2-4-15-7-9/h2-7H,14H2,1H3,(H,16,17,20). The quantitative estimate of drug-likeness (QED) is 0.719. The molecule has 0 aliphatic rings. The number of nitrogen functional groups attached to an aromatic ring is 1. The Labute approximate surface area is 114 Å². The van der Waals surface area contributed by atoms with Gasteiger partial charge in [-0.3, -0.25) is 14.8 Å². The van der Waals surface area contributed by atoms with Gasteiger partial charge < -0.3 is 5.73 Å². The topological polar surface area (TPSA) is 102 Å². The second-order valence-electron chi connectivity index (χ2n) is 4.32. The van der Waals surface area contributed by atoms with E-state index >= 15 is 0 Å². The molecule has 20 heavy (non-hydrogen) atoms. The summed E-state index contributed by atoms with van der Waals surface area (Å²) in [6.45, 7) is 1.74. The number of nitrogens with two attached hydrogens (primary N) is 1. The fraction of sp³-hybridized carbons (Fsp3) is 0.0769. The third-order valence-electron chi connectivity index (χ3n) is 2.75. The van der Waals surface area contributed by atoms with Crippen molar-refractivity contribution in [1.29, 1.82) is 0 Å². The number of aryl methyl sites for hydroxylation is 1. The average molecular weight is 268 g/mol. The first kappa shape index (κ1) is 12.1. The Morgan fingerprint density at radius 1 is 1.35 bits per heavy atom. The summed E-state index contributed by atoms with van der Waals surface area (Å²) in [6.07, 6.45) is 3.38. The summed E-state index contributed by atoms with van der Waals surface area (Å²) in [5.41, 5.74) is 7.79. The van der Waals surface area contributed by atoms with Crippen LogP contribution in [0.2, 0.25) is 0 Å². The normalized spacial score (nSPS) is 10.7. The molecule has 0 radical (unpaired) electrons. The third kappa shape index (κ3) is 2.16. The highest BCUT2D eigenvalue weighted by atomic mass is 16.1. The van der Waals surface area contributed by atoms with Crippen molar-refractivity contribution in [1.82, 2.24) is 24.7 Å². The van der Waals surface area contributed by atoms with E-state index < -0.39 is 0 Å². The Bertz CT molecular complexity index is 805. The minimum atomic E-state index is -0.245. The number of aromatic nitrogens is 5. The van der Waals surface area contributed by atoms with Crippen LogP contribution in [-0.4, -0.2) is 24.7 Å². The first-order valence-corrected chi connectivity index (χ1v) is 5.98. The molecule has 3 aromatic rings. The van der Waals surface area contributed by atoms with Gasteiger partial charge in [-0.15, -0.1) is 0 Å². The van der Waals surface area contributed by atoms with E-state index in [9.17, 15) is 4.79 Å². The molecule has 7 nitrogen and oxygen atoms in total. The van der Waals surface area contributed by atoms with Gasteiger partial charge in [-0.1, -0.05) is 0 Å².